The molecule has 3 nitrogen and oxygen atoms in total. The monoisotopic (exact) mass is 210 g/mol. The van der Waals surface area contributed by atoms with Crippen molar-refractivity contribution in [1.29, 1.82) is 0 Å². The third-order valence-corrected chi connectivity index (χ3v) is 2.38. The summed E-state index contributed by atoms with van der Waals surface area (Å²) in [6.07, 6.45) is 0. The molecule has 1 aromatic carbocycles. The average molecular weight is 211 g/mol. The van der Waals surface area contributed by atoms with E-state index in [1.807, 2.05) is 26.1 Å². The van der Waals surface area contributed by atoms with Gasteiger partial charge in [0.15, 0.2) is 11.5 Å². The van der Waals surface area contributed by atoms with Crippen LogP contribution in [0.5, 0.6) is 0 Å². The standard InChI is InChI=1S/C10H11ClN2O/c1-6-13-9-3-7(5-12-2)8(11)4-10(9)14-6/h3-4,12H,5H2,1-2H3. The number of hydrogen-bond acceptors (Lipinski definition) is 3. The van der Waals surface area contributed by atoms with Crippen LogP contribution in [0.15, 0.2) is 16.5 Å². The van der Waals surface area contributed by atoms with Crippen LogP contribution in [0.3, 0.4) is 0 Å². The number of nitrogens with zero attached hydrogens (tertiary/aromatic N) is 1. The predicted molar refractivity (Wildman–Crippen MR) is 56.5 cm³/mol. The van der Waals surface area contributed by atoms with Gasteiger partial charge < -0.3 is 9.73 Å². The summed E-state index contributed by atoms with van der Waals surface area (Å²) < 4.78 is 5.37. The van der Waals surface area contributed by atoms with Crippen LogP contribution in [0, 0.1) is 6.92 Å². The highest BCUT2D eigenvalue weighted by atomic mass is 35.5. The lowest BCUT2D eigenvalue weighted by Crippen LogP contribution is -2.05. The maximum absolute atomic E-state index is 6.06. The molecule has 0 fully saturated rings. The van der Waals surface area contributed by atoms with Crippen molar-refractivity contribution in [2.24, 2.45) is 0 Å². The molecular weight excluding hydrogens is 200 g/mol. The Morgan fingerprint density at radius 3 is 3.00 bits per heavy atom. The van der Waals surface area contributed by atoms with E-state index in [1.165, 1.54) is 0 Å². The van der Waals surface area contributed by atoms with Crippen molar-refractivity contribution in [3.63, 3.8) is 0 Å². The minimum atomic E-state index is 0.665. The fourth-order valence-corrected chi connectivity index (χ4v) is 1.65. The van der Waals surface area contributed by atoms with Gasteiger partial charge in [-0.05, 0) is 18.7 Å². The number of benzene rings is 1. The lowest BCUT2D eigenvalue weighted by Gasteiger charge is -2.01. The van der Waals surface area contributed by atoms with Crippen LogP contribution in [-0.4, -0.2) is 12.0 Å². The van der Waals surface area contributed by atoms with E-state index in [9.17, 15) is 0 Å². The van der Waals surface area contributed by atoms with Gasteiger partial charge in [0.05, 0.1) is 0 Å². The van der Waals surface area contributed by atoms with Gasteiger partial charge in [-0.2, -0.15) is 0 Å². The zero-order valence-electron chi connectivity index (χ0n) is 8.10. The Hall–Kier alpha value is -1.06. The van der Waals surface area contributed by atoms with Gasteiger partial charge in [0.1, 0.15) is 5.52 Å². The second kappa shape index (κ2) is 3.59. The third-order valence-electron chi connectivity index (χ3n) is 2.03. The smallest absolute Gasteiger partial charge is 0.192 e. The van der Waals surface area contributed by atoms with Crippen molar-refractivity contribution in [1.82, 2.24) is 10.3 Å². The lowest BCUT2D eigenvalue weighted by atomic mass is 10.2. The number of aryl methyl sites for hydroxylation is 1. The molecule has 1 heterocycles. The van der Waals surface area contributed by atoms with Gasteiger partial charge in [0, 0.05) is 24.6 Å². The lowest BCUT2D eigenvalue weighted by molar-refractivity contribution is 0.561. The number of aromatic nitrogens is 1. The van der Waals surface area contributed by atoms with E-state index in [4.69, 9.17) is 16.0 Å². The largest absolute Gasteiger partial charge is 0.441 e. The van der Waals surface area contributed by atoms with Crippen molar-refractivity contribution < 1.29 is 4.42 Å². The second-order valence-corrected chi connectivity index (χ2v) is 3.58. The van der Waals surface area contributed by atoms with Crippen LogP contribution in [0.25, 0.3) is 11.1 Å². The topological polar surface area (TPSA) is 38.1 Å². The summed E-state index contributed by atoms with van der Waals surface area (Å²) >= 11 is 6.06. The summed E-state index contributed by atoms with van der Waals surface area (Å²) in [7, 11) is 1.88. The quantitative estimate of drug-likeness (QED) is 0.828. The Kier molecular flexibility index (Phi) is 2.44. The van der Waals surface area contributed by atoms with Gasteiger partial charge in [-0.1, -0.05) is 11.6 Å². The number of halogens is 1. The Labute approximate surface area is 87.1 Å². The van der Waals surface area contributed by atoms with E-state index in [0.717, 1.165) is 23.2 Å². The van der Waals surface area contributed by atoms with Gasteiger partial charge in [-0.25, -0.2) is 4.98 Å². The highest BCUT2D eigenvalue weighted by molar-refractivity contribution is 6.32. The summed E-state index contributed by atoms with van der Waals surface area (Å²) in [5, 5.41) is 3.76. The van der Waals surface area contributed by atoms with Crippen LogP contribution >= 0.6 is 11.6 Å². The molecule has 0 bridgehead atoms. The summed E-state index contributed by atoms with van der Waals surface area (Å²) in [4.78, 5) is 4.24. The summed E-state index contributed by atoms with van der Waals surface area (Å²) in [6.45, 7) is 2.56. The molecule has 0 saturated heterocycles. The Morgan fingerprint density at radius 1 is 1.50 bits per heavy atom. The molecule has 4 heteroatoms. The first-order chi connectivity index (χ1) is 6.70. The van der Waals surface area contributed by atoms with E-state index in [1.54, 1.807) is 0 Å². The fraction of sp³-hybridized carbons (Fsp3) is 0.300. The third kappa shape index (κ3) is 1.61. The van der Waals surface area contributed by atoms with Crippen molar-refractivity contribution in [3.8, 4) is 0 Å². The molecule has 0 amide bonds. The maximum atomic E-state index is 6.06. The zero-order valence-corrected chi connectivity index (χ0v) is 8.85. The van der Waals surface area contributed by atoms with Crippen molar-refractivity contribution in [3.05, 3.63) is 28.6 Å². The molecular formula is C10H11ClN2O. The highest BCUT2D eigenvalue weighted by Crippen LogP contribution is 2.24. The second-order valence-electron chi connectivity index (χ2n) is 3.17. The molecule has 2 rings (SSSR count). The van der Waals surface area contributed by atoms with Crippen LogP contribution in [-0.2, 0) is 6.54 Å². The number of hydrogen-bond donors (Lipinski definition) is 1. The molecule has 0 atom stereocenters. The minimum absolute atomic E-state index is 0.665. The van der Waals surface area contributed by atoms with Crippen molar-refractivity contribution >= 4 is 22.7 Å². The number of rotatable bonds is 2. The van der Waals surface area contributed by atoms with E-state index in [0.29, 0.717) is 10.9 Å². The van der Waals surface area contributed by atoms with Crippen LogP contribution in [0.4, 0.5) is 0 Å². The van der Waals surface area contributed by atoms with Gasteiger partial charge >= 0.3 is 0 Å². The summed E-state index contributed by atoms with van der Waals surface area (Å²) in [5.41, 5.74) is 2.64. The normalized spacial score (nSPS) is 11.1. The SMILES string of the molecule is CNCc1cc2nc(C)oc2cc1Cl. The van der Waals surface area contributed by atoms with Gasteiger partial charge in [-0.15, -0.1) is 0 Å². The molecule has 0 spiro atoms. The molecule has 1 N–H and O–H groups in total. The molecule has 14 heavy (non-hydrogen) atoms. The molecule has 0 aliphatic rings. The van der Waals surface area contributed by atoms with Crippen LogP contribution < -0.4 is 5.32 Å². The fourth-order valence-electron chi connectivity index (χ4n) is 1.43. The Bertz CT molecular complexity index is 464. The minimum Gasteiger partial charge on any atom is -0.441 e. The summed E-state index contributed by atoms with van der Waals surface area (Å²) in [5.74, 6) is 0.665. The first-order valence-electron chi connectivity index (χ1n) is 4.41. The predicted octanol–water partition coefficient (Wildman–Crippen LogP) is 2.51. The van der Waals surface area contributed by atoms with Gasteiger partial charge in [0.2, 0.25) is 0 Å². The Morgan fingerprint density at radius 2 is 2.29 bits per heavy atom. The van der Waals surface area contributed by atoms with E-state index in [2.05, 4.69) is 10.3 Å². The molecule has 0 radical (unpaired) electrons. The zero-order chi connectivity index (χ0) is 10.1. The summed E-state index contributed by atoms with van der Waals surface area (Å²) in [6, 6.07) is 3.76. The van der Waals surface area contributed by atoms with Crippen LogP contribution in [0.2, 0.25) is 5.02 Å². The number of oxazole rings is 1. The molecule has 0 saturated carbocycles. The number of fused-ring (bicyclic) bond motifs is 1. The maximum Gasteiger partial charge on any atom is 0.192 e. The van der Waals surface area contributed by atoms with E-state index in [-0.39, 0.29) is 0 Å². The number of nitrogens with one attached hydrogen (secondary N) is 1. The molecule has 2 aromatic rings. The average Bonchev–Trinajstić information content (AvgIpc) is 2.45. The molecule has 0 aliphatic heterocycles. The first kappa shape index (κ1) is 9.49. The van der Waals surface area contributed by atoms with Crippen molar-refractivity contribution in [2.45, 2.75) is 13.5 Å². The highest BCUT2D eigenvalue weighted by Gasteiger charge is 2.07. The molecule has 1 aromatic heterocycles. The van der Waals surface area contributed by atoms with Gasteiger partial charge in [0.25, 0.3) is 0 Å². The Balaban J connectivity index is 2.58. The van der Waals surface area contributed by atoms with E-state index < -0.39 is 0 Å². The van der Waals surface area contributed by atoms with Crippen molar-refractivity contribution in [2.75, 3.05) is 7.05 Å². The van der Waals surface area contributed by atoms with E-state index >= 15 is 0 Å². The molecule has 0 aliphatic carbocycles. The van der Waals surface area contributed by atoms with Crippen LogP contribution in [0.1, 0.15) is 11.5 Å². The molecule has 74 valence electrons. The molecule has 0 unspecified atom stereocenters. The van der Waals surface area contributed by atoms with Gasteiger partial charge in [-0.3, -0.25) is 0 Å². The first-order valence-corrected chi connectivity index (χ1v) is 4.78.